The number of hydrogen-bond donors (Lipinski definition) is 0. The fourth-order valence-electron chi connectivity index (χ4n) is 2.57. The van der Waals surface area contributed by atoms with E-state index in [1.165, 1.54) is 0 Å². The number of ether oxygens (including phenoxy) is 1. The summed E-state index contributed by atoms with van der Waals surface area (Å²) in [6, 6.07) is 0. The zero-order valence-electron chi connectivity index (χ0n) is 13.0. The van der Waals surface area contributed by atoms with E-state index in [2.05, 4.69) is 0 Å². The smallest absolute Gasteiger partial charge is 0.262 e. The van der Waals surface area contributed by atoms with E-state index in [1.807, 2.05) is 0 Å². The highest BCUT2D eigenvalue weighted by Gasteiger charge is 3.09. The zero-order chi connectivity index (χ0) is 25.7. The fraction of sp³-hybridized carbons (Fsp3) is 1.00. The lowest BCUT2D eigenvalue weighted by molar-refractivity contribution is -0.562. The normalized spacial score (nSPS) is 27.1. The summed E-state index contributed by atoms with van der Waals surface area (Å²) in [7, 11) is 0. The molecule has 1 rings (SSSR count). The van der Waals surface area contributed by atoms with Crippen molar-refractivity contribution in [1.29, 1.82) is 0 Å². The summed E-state index contributed by atoms with van der Waals surface area (Å²) in [5, 5.41) is 0. The van der Waals surface area contributed by atoms with Gasteiger partial charge in [-0.3, -0.25) is 4.74 Å². The van der Waals surface area contributed by atoms with Crippen LogP contribution in [0.25, 0.3) is 0 Å². The molecular weight excluding hydrogens is 516 g/mol. The average molecular weight is 516 g/mol. The van der Waals surface area contributed by atoms with Gasteiger partial charge in [-0.05, 0) is 0 Å². The van der Waals surface area contributed by atoms with Crippen LogP contribution >= 0.6 is 0 Å². The summed E-state index contributed by atoms with van der Waals surface area (Å²) in [5.74, 6) is -43.3. The minimum absolute atomic E-state index is 1.03. The van der Waals surface area contributed by atoms with Crippen LogP contribution in [0.4, 0.5) is 87.8 Å². The molecule has 0 bridgehead atoms. The van der Waals surface area contributed by atoms with Crippen molar-refractivity contribution in [1.82, 2.24) is 0 Å². The number of hydrogen-bond acceptors (Lipinski definition) is 1. The standard InChI is InChI=1S/C10F20O/c11-1(2(8(22,23)24,9(25,26)27)31-10(28,29)30)3(12,13)5(16,17)7(20,21)6(18,19)4(1,14)15. The Bertz CT molecular complexity index is 661. The van der Waals surface area contributed by atoms with E-state index >= 15 is 0 Å². The van der Waals surface area contributed by atoms with Crippen molar-refractivity contribution in [2.45, 2.75) is 59.6 Å². The first kappa shape index (κ1) is 27.6. The van der Waals surface area contributed by atoms with E-state index in [-0.39, 0.29) is 0 Å². The molecule has 0 aromatic heterocycles. The van der Waals surface area contributed by atoms with Gasteiger partial charge in [0, 0.05) is 0 Å². The second-order valence-electron chi connectivity index (χ2n) is 5.75. The molecule has 0 saturated heterocycles. The largest absolute Gasteiger partial charge is 0.523 e. The number of rotatable bonds is 2. The summed E-state index contributed by atoms with van der Waals surface area (Å²) in [5.41, 5.74) is -18.2. The highest BCUT2D eigenvalue weighted by atomic mass is 19.4. The van der Waals surface area contributed by atoms with Gasteiger partial charge in [-0.2, -0.15) is 70.2 Å². The van der Waals surface area contributed by atoms with Gasteiger partial charge >= 0.3 is 53.9 Å². The van der Waals surface area contributed by atoms with Crippen LogP contribution in [0.5, 0.6) is 0 Å². The van der Waals surface area contributed by atoms with Gasteiger partial charge in [-0.1, -0.05) is 0 Å². The maximum atomic E-state index is 14.4. The van der Waals surface area contributed by atoms with E-state index in [4.69, 9.17) is 0 Å². The van der Waals surface area contributed by atoms with Crippen LogP contribution < -0.4 is 0 Å². The monoisotopic (exact) mass is 516 g/mol. The molecule has 0 N–H and O–H groups in total. The van der Waals surface area contributed by atoms with Crippen LogP contribution in [0.1, 0.15) is 0 Å². The summed E-state index contributed by atoms with van der Waals surface area (Å²) in [6.07, 6.45) is -25.1. The highest BCUT2D eigenvalue weighted by molar-refractivity contribution is 5.34. The predicted octanol–water partition coefficient (Wildman–Crippen LogP) is 6.28. The second kappa shape index (κ2) is 6.12. The summed E-state index contributed by atoms with van der Waals surface area (Å²) in [6.45, 7) is 0. The molecule has 0 unspecified atom stereocenters. The molecule has 31 heavy (non-hydrogen) atoms. The van der Waals surface area contributed by atoms with Crippen molar-refractivity contribution in [2.75, 3.05) is 0 Å². The summed E-state index contributed by atoms with van der Waals surface area (Å²) >= 11 is 0. The molecule has 0 radical (unpaired) electrons. The van der Waals surface area contributed by atoms with Crippen molar-refractivity contribution < 1.29 is 92.5 Å². The molecule has 0 aliphatic heterocycles. The molecule has 1 aliphatic carbocycles. The Morgan fingerprint density at radius 2 is 0.613 bits per heavy atom. The van der Waals surface area contributed by atoms with E-state index in [0.29, 0.717) is 0 Å². The molecular formula is C10F20O. The Hall–Kier alpha value is -1.44. The van der Waals surface area contributed by atoms with Crippen molar-refractivity contribution in [3.05, 3.63) is 0 Å². The van der Waals surface area contributed by atoms with Crippen LogP contribution in [0, 0.1) is 0 Å². The van der Waals surface area contributed by atoms with Gasteiger partial charge in [0.05, 0.1) is 0 Å². The Morgan fingerprint density at radius 1 is 0.387 bits per heavy atom. The Labute approximate surface area is 153 Å². The molecule has 1 fully saturated rings. The lowest BCUT2D eigenvalue weighted by atomic mass is 9.63. The second-order valence-corrected chi connectivity index (χ2v) is 5.75. The summed E-state index contributed by atoms with van der Waals surface area (Å²) in [4.78, 5) is 0. The average Bonchev–Trinajstić information content (AvgIpc) is 2.46. The SMILES string of the molecule is FC(F)(F)OC(C(F)(F)F)(C(F)(F)F)C1(F)C(F)(F)C(F)(F)C(F)(F)C(F)(F)C1(F)F. The Kier molecular flexibility index (Phi) is 5.44. The van der Waals surface area contributed by atoms with Gasteiger partial charge in [0.25, 0.3) is 5.67 Å². The first-order chi connectivity index (χ1) is 13.0. The number of halogens is 20. The quantitative estimate of drug-likeness (QED) is 0.393. The zero-order valence-corrected chi connectivity index (χ0v) is 13.0. The molecule has 1 nitrogen and oxygen atoms in total. The van der Waals surface area contributed by atoms with Crippen LogP contribution in [0.2, 0.25) is 0 Å². The van der Waals surface area contributed by atoms with E-state index < -0.39 is 59.6 Å². The molecule has 0 aromatic carbocycles. The highest BCUT2D eigenvalue weighted by Crippen LogP contribution is 2.75. The fourth-order valence-corrected chi connectivity index (χ4v) is 2.57. The van der Waals surface area contributed by atoms with Crippen LogP contribution in [-0.2, 0) is 4.74 Å². The van der Waals surface area contributed by atoms with Crippen molar-refractivity contribution >= 4 is 0 Å². The maximum absolute atomic E-state index is 14.4. The van der Waals surface area contributed by atoms with Gasteiger partial charge in [-0.15, -0.1) is 13.2 Å². The third-order valence-electron chi connectivity index (χ3n) is 4.00. The first-order valence-electron chi connectivity index (χ1n) is 6.44. The van der Waals surface area contributed by atoms with E-state index in [1.54, 1.807) is 0 Å². The molecule has 0 aromatic rings. The lowest BCUT2D eigenvalue weighted by Crippen LogP contribution is -2.92. The molecule has 0 atom stereocenters. The van der Waals surface area contributed by atoms with Gasteiger partial charge < -0.3 is 0 Å². The minimum atomic E-state index is -9.26. The van der Waals surface area contributed by atoms with Crippen LogP contribution in [-0.4, -0.2) is 59.6 Å². The van der Waals surface area contributed by atoms with Crippen molar-refractivity contribution in [2.24, 2.45) is 0 Å². The molecule has 0 spiro atoms. The molecule has 0 amide bonds. The van der Waals surface area contributed by atoms with Gasteiger partial charge in [0.2, 0.25) is 0 Å². The van der Waals surface area contributed by atoms with Crippen molar-refractivity contribution in [3.63, 3.8) is 0 Å². The Balaban J connectivity index is 4.46. The third-order valence-corrected chi connectivity index (χ3v) is 4.00. The topological polar surface area (TPSA) is 9.23 Å². The molecule has 0 heterocycles. The van der Waals surface area contributed by atoms with Crippen LogP contribution in [0.15, 0.2) is 0 Å². The maximum Gasteiger partial charge on any atom is 0.523 e. The number of alkyl halides is 20. The van der Waals surface area contributed by atoms with Gasteiger partial charge in [-0.25, -0.2) is 4.39 Å². The molecule has 186 valence electrons. The Morgan fingerprint density at radius 3 is 0.806 bits per heavy atom. The third kappa shape index (κ3) is 2.75. The van der Waals surface area contributed by atoms with E-state index in [9.17, 15) is 87.8 Å². The van der Waals surface area contributed by atoms with Gasteiger partial charge in [0.15, 0.2) is 0 Å². The molecule has 21 heteroatoms. The van der Waals surface area contributed by atoms with Crippen molar-refractivity contribution in [3.8, 4) is 0 Å². The summed E-state index contributed by atoms with van der Waals surface area (Å²) < 4.78 is 263. The molecule has 1 saturated carbocycles. The minimum Gasteiger partial charge on any atom is -0.262 e. The first-order valence-corrected chi connectivity index (χ1v) is 6.44. The van der Waals surface area contributed by atoms with E-state index in [0.717, 1.165) is 4.74 Å². The predicted molar refractivity (Wildman–Crippen MR) is 50.6 cm³/mol. The van der Waals surface area contributed by atoms with Crippen LogP contribution in [0.3, 0.4) is 0 Å². The molecule has 1 aliphatic rings. The van der Waals surface area contributed by atoms with Gasteiger partial charge in [0.1, 0.15) is 0 Å². The lowest BCUT2D eigenvalue weighted by Gasteiger charge is -2.57.